The monoisotopic (exact) mass is 314 g/mol. The van der Waals surface area contributed by atoms with E-state index in [0.29, 0.717) is 12.0 Å². The largest absolute Gasteiger partial charge is 0.416 e. The minimum atomic E-state index is -4.35. The van der Waals surface area contributed by atoms with Gasteiger partial charge in [-0.2, -0.15) is 13.2 Å². The zero-order chi connectivity index (χ0) is 16.2. The van der Waals surface area contributed by atoms with Crippen molar-refractivity contribution in [3.63, 3.8) is 0 Å². The molecule has 1 heterocycles. The fourth-order valence-electron chi connectivity index (χ4n) is 2.64. The van der Waals surface area contributed by atoms with Crippen LogP contribution in [0.25, 0.3) is 0 Å². The highest BCUT2D eigenvalue weighted by molar-refractivity contribution is 5.78. The summed E-state index contributed by atoms with van der Waals surface area (Å²) in [6, 6.07) is 5.29. The van der Waals surface area contributed by atoms with E-state index < -0.39 is 11.7 Å². The summed E-state index contributed by atoms with van der Waals surface area (Å²) in [5, 5.41) is 6.17. The van der Waals surface area contributed by atoms with Gasteiger partial charge in [0.05, 0.1) is 5.56 Å². The van der Waals surface area contributed by atoms with E-state index in [0.717, 1.165) is 38.1 Å². The van der Waals surface area contributed by atoms with Crippen molar-refractivity contribution in [3.8, 4) is 0 Å². The third-order valence-electron chi connectivity index (χ3n) is 3.89. The van der Waals surface area contributed by atoms with Gasteiger partial charge in [-0.1, -0.05) is 25.1 Å². The molecule has 0 bridgehead atoms. The van der Waals surface area contributed by atoms with Crippen molar-refractivity contribution in [2.75, 3.05) is 13.1 Å². The molecular weight excluding hydrogens is 293 g/mol. The topological polar surface area (TPSA) is 41.1 Å². The van der Waals surface area contributed by atoms with E-state index in [1.807, 2.05) is 0 Å². The number of halogens is 3. The maximum absolute atomic E-state index is 12.7. The lowest BCUT2D eigenvalue weighted by atomic mass is 9.98. The van der Waals surface area contributed by atoms with Crippen LogP contribution in [0.2, 0.25) is 0 Å². The molecule has 2 atom stereocenters. The van der Waals surface area contributed by atoms with Crippen LogP contribution in [0.4, 0.5) is 13.2 Å². The van der Waals surface area contributed by atoms with Crippen LogP contribution >= 0.6 is 0 Å². The first kappa shape index (κ1) is 16.8. The molecule has 1 amide bonds. The summed E-state index contributed by atoms with van der Waals surface area (Å²) < 4.78 is 38.1. The predicted molar refractivity (Wildman–Crippen MR) is 78.3 cm³/mol. The standard InChI is InChI=1S/C16H21F3N2O/c1-11(15(22)21-14-6-3-7-20-10-14)8-12-4-2-5-13(9-12)16(17,18)19/h2,4-5,9,11,14,20H,3,6-8,10H2,1H3,(H,21,22). The van der Waals surface area contributed by atoms with Gasteiger partial charge in [-0.25, -0.2) is 0 Å². The zero-order valence-corrected chi connectivity index (χ0v) is 12.5. The predicted octanol–water partition coefficient (Wildman–Crippen LogP) is 2.75. The first-order valence-electron chi connectivity index (χ1n) is 7.53. The smallest absolute Gasteiger partial charge is 0.352 e. The van der Waals surface area contributed by atoms with Gasteiger partial charge < -0.3 is 10.6 Å². The molecule has 0 spiro atoms. The molecule has 1 fully saturated rings. The highest BCUT2D eigenvalue weighted by Gasteiger charge is 2.30. The van der Waals surface area contributed by atoms with Crippen LogP contribution in [0.15, 0.2) is 24.3 Å². The number of hydrogen-bond donors (Lipinski definition) is 2. The summed E-state index contributed by atoms with van der Waals surface area (Å²) in [5.74, 6) is -0.462. The molecule has 1 aromatic rings. The lowest BCUT2D eigenvalue weighted by Gasteiger charge is -2.25. The number of hydrogen-bond acceptors (Lipinski definition) is 2. The molecule has 6 heteroatoms. The van der Waals surface area contributed by atoms with Crippen molar-refractivity contribution in [1.82, 2.24) is 10.6 Å². The third-order valence-corrected chi connectivity index (χ3v) is 3.89. The molecule has 0 radical (unpaired) electrons. The van der Waals surface area contributed by atoms with Gasteiger partial charge in [0, 0.05) is 18.5 Å². The first-order valence-corrected chi connectivity index (χ1v) is 7.53. The van der Waals surface area contributed by atoms with E-state index in [4.69, 9.17) is 0 Å². The van der Waals surface area contributed by atoms with E-state index in [1.165, 1.54) is 6.07 Å². The number of alkyl halides is 3. The summed E-state index contributed by atoms with van der Waals surface area (Å²) in [7, 11) is 0. The quantitative estimate of drug-likeness (QED) is 0.897. The first-order chi connectivity index (χ1) is 10.4. The number of nitrogens with one attached hydrogen (secondary N) is 2. The van der Waals surface area contributed by atoms with Crippen LogP contribution in [-0.4, -0.2) is 25.0 Å². The van der Waals surface area contributed by atoms with Gasteiger partial charge in [0.2, 0.25) is 5.91 Å². The van der Waals surface area contributed by atoms with E-state index in [-0.39, 0.29) is 17.9 Å². The van der Waals surface area contributed by atoms with E-state index >= 15 is 0 Å². The summed E-state index contributed by atoms with van der Waals surface area (Å²) >= 11 is 0. The van der Waals surface area contributed by atoms with Gasteiger partial charge in [0.15, 0.2) is 0 Å². The Hall–Kier alpha value is -1.56. The Morgan fingerprint density at radius 2 is 2.23 bits per heavy atom. The van der Waals surface area contributed by atoms with E-state index in [1.54, 1.807) is 13.0 Å². The maximum atomic E-state index is 12.7. The van der Waals surface area contributed by atoms with Gasteiger partial charge in [-0.05, 0) is 37.4 Å². The van der Waals surface area contributed by atoms with E-state index in [9.17, 15) is 18.0 Å². The van der Waals surface area contributed by atoms with Crippen molar-refractivity contribution in [2.45, 2.75) is 38.4 Å². The second-order valence-electron chi connectivity index (χ2n) is 5.86. The molecule has 1 saturated heterocycles. The van der Waals surface area contributed by atoms with Gasteiger partial charge in [-0.3, -0.25) is 4.79 Å². The maximum Gasteiger partial charge on any atom is 0.416 e. The van der Waals surface area contributed by atoms with Crippen LogP contribution in [0.5, 0.6) is 0 Å². The number of benzene rings is 1. The van der Waals surface area contributed by atoms with Gasteiger partial charge in [-0.15, -0.1) is 0 Å². The number of piperidine rings is 1. The summed E-state index contributed by atoms with van der Waals surface area (Å²) in [6.45, 7) is 3.46. The third kappa shape index (κ3) is 4.73. The molecular formula is C16H21F3N2O. The Kier molecular flexibility index (Phi) is 5.45. The second-order valence-corrected chi connectivity index (χ2v) is 5.86. The van der Waals surface area contributed by atoms with Crippen molar-refractivity contribution < 1.29 is 18.0 Å². The molecule has 0 aliphatic carbocycles. The fraction of sp³-hybridized carbons (Fsp3) is 0.562. The average molecular weight is 314 g/mol. The minimum absolute atomic E-state index is 0.105. The van der Waals surface area contributed by atoms with Crippen molar-refractivity contribution >= 4 is 5.91 Å². The highest BCUT2D eigenvalue weighted by Crippen LogP contribution is 2.30. The molecule has 0 aromatic heterocycles. The summed E-state index contributed by atoms with van der Waals surface area (Å²) in [5.41, 5.74) is -0.145. The lowest BCUT2D eigenvalue weighted by molar-refractivity contribution is -0.137. The Bertz CT molecular complexity index is 510. The minimum Gasteiger partial charge on any atom is -0.352 e. The number of rotatable bonds is 4. The lowest BCUT2D eigenvalue weighted by Crippen LogP contribution is -2.47. The van der Waals surface area contributed by atoms with Gasteiger partial charge in [0.1, 0.15) is 0 Å². The fourth-order valence-corrected chi connectivity index (χ4v) is 2.64. The number of carbonyl (C=O) groups excluding carboxylic acids is 1. The van der Waals surface area contributed by atoms with Crippen molar-refractivity contribution in [1.29, 1.82) is 0 Å². The van der Waals surface area contributed by atoms with Crippen LogP contribution in [0.3, 0.4) is 0 Å². The molecule has 2 N–H and O–H groups in total. The molecule has 1 aliphatic rings. The van der Waals surface area contributed by atoms with Crippen LogP contribution in [0.1, 0.15) is 30.9 Å². The zero-order valence-electron chi connectivity index (χ0n) is 12.5. The van der Waals surface area contributed by atoms with Gasteiger partial charge >= 0.3 is 6.18 Å². The Morgan fingerprint density at radius 3 is 2.86 bits per heavy atom. The van der Waals surface area contributed by atoms with Crippen molar-refractivity contribution in [2.24, 2.45) is 5.92 Å². The highest BCUT2D eigenvalue weighted by atomic mass is 19.4. The van der Waals surface area contributed by atoms with Crippen LogP contribution in [0, 0.1) is 5.92 Å². The second kappa shape index (κ2) is 7.13. The summed E-state index contributed by atoms with van der Waals surface area (Å²) in [6.07, 6.45) is -2.09. The molecule has 122 valence electrons. The van der Waals surface area contributed by atoms with Crippen molar-refractivity contribution in [3.05, 3.63) is 35.4 Å². The molecule has 2 rings (SSSR count). The normalized spacial score (nSPS) is 20.5. The van der Waals surface area contributed by atoms with Gasteiger partial charge in [0.25, 0.3) is 0 Å². The molecule has 3 nitrogen and oxygen atoms in total. The molecule has 2 unspecified atom stereocenters. The van der Waals surface area contributed by atoms with Crippen LogP contribution < -0.4 is 10.6 Å². The molecule has 22 heavy (non-hydrogen) atoms. The molecule has 1 aliphatic heterocycles. The number of amides is 1. The average Bonchev–Trinajstić information content (AvgIpc) is 2.47. The number of carbonyl (C=O) groups is 1. The molecule has 1 aromatic carbocycles. The Morgan fingerprint density at radius 1 is 1.45 bits per heavy atom. The Labute approximate surface area is 128 Å². The van der Waals surface area contributed by atoms with E-state index in [2.05, 4.69) is 10.6 Å². The summed E-state index contributed by atoms with van der Waals surface area (Å²) in [4.78, 5) is 12.1. The Balaban J connectivity index is 1.93. The SMILES string of the molecule is CC(Cc1cccc(C(F)(F)F)c1)C(=O)NC1CCCNC1. The molecule has 0 saturated carbocycles. The van der Waals surface area contributed by atoms with Crippen LogP contribution in [-0.2, 0) is 17.4 Å².